The van der Waals surface area contributed by atoms with Gasteiger partial charge in [0.1, 0.15) is 5.54 Å². The van der Waals surface area contributed by atoms with Crippen LogP contribution in [0.2, 0.25) is 0 Å². The fraction of sp³-hybridized carbons (Fsp3) is 0.467. The standard InChI is InChI=1S/C15H18BrN3O4S/c1-9-7-11(4-5-12(9)16)24(22,23)17-8-10-3-2-6-15(10)13(20)18-14(21)19-15/h4-5,7,10,17H,2-3,6,8H2,1H3,(H2,18,19,20,21)/t10-,15-/m0/s1. The Morgan fingerprint density at radius 1 is 1.38 bits per heavy atom. The molecule has 0 aromatic heterocycles. The quantitative estimate of drug-likeness (QED) is 0.646. The number of rotatable bonds is 4. The number of benzene rings is 1. The van der Waals surface area contributed by atoms with Crippen molar-refractivity contribution in [1.29, 1.82) is 0 Å². The number of sulfonamides is 1. The summed E-state index contributed by atoms with van der Waals surface area (Å²) in [5.41, 5.74) is -0.174. The first-order valence-electron chi connectivity index (χ1n) is 7.64. The normalized spacial score (nSPS) is 26.7. The molecule has 1 heterocycles. The summed E-state index contributed by atoms with van der Waals surface area (Å²) >= 11 is 3.34. The summed E-state index contributed by atoms with van der Waals surface area (Å²) in [7, 11) is -3.68. The number of amides is 3. The Balaban J connectivity index is 1.76. The molecule has 9 heteroatoms. The number of nitrogens with one attached hydrogen (secondary N) is 3. The lowest BCUT2D eigenvalue weighted by Gasteiger charge is -2.28. The van der Waals surface area contributed by atoms with Crippen LogP contribution in [0.1, 0.15) is 24.8 Å². The summed E-state index contributed by atoms with van der Waals surface area (Å²) in [4.78, 5) is 23.8. The molecule has 1 aliphatic carbocycles. The zero-order valence-electron chi connectivity index (χ0n) is 13.1. The van der Waals surface area contributed by atoms with Gasteiger partial charge in [-0.25, -0.2) is 17.9 Å². The van der Waals surface area contributed by atoms with Gasteiger partial charge in [0.05, 0.1) is 4.90 Å². The van der Waals surface area contributed by atoms with E-state index in [1.54, 1.807) is 12.1 Å². The van der Waals surface area contributed by atoms with Crippen LogP contribution in [0.4, 0.5) is 4.79 Å². The molecule has 0 unspecified atom stereocenters. The van der Waals surface area contributed by atoms with Crippen LogP contribution in [0.25, 0.3) is 0 Å². The van der Waals surface area contributed by atoms with Gasteiger partial charge in [-0.15, -0.1) is 0 Å². The van der Waals surface area contributed by atoms with Gasteiger partial charge in [-0.05, 0) is 43.5 Å². The second-order valence-corrected chi connectivity index (χ2v) is 8.85. The number of aryl methyl sites for hydroxylation is 1. The van der Waals surface area contributed by atoms with Gasteiger partial charge in [-0.1, -0.05) is 22.4 Å². The Morgan fingerprint density at radius 3 is 2.75 bits per heavy atom. The van der Waals surface area contributed by atoms with Crippen LogP contribution < -0.4 is 15.4 Å². The molecular weight excluding hydrogens is 398 g/mol. The van der Waals surface area contributed by atoms with Crippen LogP contribution in [0.5, 0.6) is 0 Å². The maximum absolute atomic E-state index is 12.5. The summed E-state index contributed by atoms with van der Waals surface area (Å²) in [5.74, 6) is -0.635. The third-order valence-corrected chi connectivity index (χ3v) is 7.06. The molecule has 2 atom stereocenters. The fourth-order valence-electron chi connectivity index (χ4n) is 3.40. The van der Waals surface area contributed by atoms with Crippen molar-refractivity contribution in [3.63, 3.8) is 0 Å². The number of hydrogen-bond donors (Lipinski definition) is 3. The molecule has 3 N–H and O–H groups in total. The van der Waals surface area contributed by atoms with Crippen molar-refractivity contribution in [2.45, 2.75) is 36.6 Å². The van der Waals surface area contributed by atoms with Crippen molar-refractivity contribution < 1.29 is 18.0 Å². The molecule has 24 heavy (non-hydrogen) atoms. The lowest BCUT2D eigenvalue weighted by atomic mass is 9.87. The van der Waals surface area contributed by atoms with E-state index in [9.17, 15) is 18.0 Å². The summed E-state index contributed by atoms with van der Waals surface area (Å²) in [5, 5.41) is 4.93. The first-order chi connectivity index (χ1) is 11.2. The molecule has 0 bridgehead atoms. The van der Waals surface area contributed by atoms with Gasteiger partial charge >= 0.3 is 6.03 Å². The molecule has 1 aromatic rings. The van der Waals surface area contributed by atoms with Gasteiger partial charge < -0.3 is 5.32 Å². The highest BCUT2D eigenvalue weighted by molar-refractivity contribution is 9.10. The maximum Gasteiger partial charge on any atom is 0.322 e. The Labute approximate surface area is 148 Å². The highest BCUT2D eigenvalue weighted by atomic mass is 79.9. The molecule has 1 aromatic carbocycles. The Bertz CT molecular complexity index is 811. The third kappa shape index (κ3) is 2.96. The third-order valence-electron chi connectivity index (χ3n) is 4.75. The molecular formula is C15H18BrN3O4S. The minimum Gasteiger partial charge on any atom is -0.323 e. The predicted octanol–water partition coefficient (Wildman–Crippen LogP) is 1.41. The first kappa shape index (κ1) is 17.4. The smallest absolute Gasteiger partial charge is 0.322 e. The highest BCUT2D eigenvalue weighted by Crippen LogP contribution is 2.37. The lowest BCUT2D eigenvalue weighted by Crippen LogP contribution is -2.53. The van der Waals surface area contributed by atoms with E-state index in [-0.39, 0.29) is 23.3 Å². The molecule has 2 aliphatic rings. The second-order valence-electron chi connectivity index (χ2n) is 6.23. The van der Waals surface area contributed by atoms with Crippen LogP contribution in [0.3, 0.4) is 0 Å². The summed E-state index contributed by atoms with van der Waals surface area (Å²) in [6.07, 6.45) is 1.96. The van der Waals surface area contributed by atoms with Crippen molar-refractivity contribution in [3.05, 3.63) is 28.2 Å². The zero-order valence-corrected chi connectivity index (χ0v) is 15.5. The molecule has 2 fully saturated rings. The number of hydrogen-bond acceptors (Lipinski definition) is 4. The van der Waals surface area contributed by atoms with Gasteiger partial charge in [0, 0.05) is 16.9 Å². The van der Waals surface area contributed by atoms with Crippen molar-refractivity contribution >= 4 is 37.9 Å². The average Bonchev–Trinajstić information content (AvgIpc) is 3.04. The van der Waals surface area contributed by atoms with Crippen LogP contribution in [-0.4, -0.2) is 32.4 Å². The number of urea groups is 1. The SMILES string of the molecule is Cc1cc(S(=O)(=O)NC[C@@H]2CCC[C@]23NC(=O)NC3=O)ccc1Br. The number of carbonyl (C=O) groups is 2. The summed E-state index contributed by atoms with van der Waals surface area (Å²) in [6.45, 7) is 1.92. The van der Waals surface area contributed by atoms with E-state index < -0.39 is 21.6 Å². The average molecular weight is 416 g/mol. The highest BCUT2D eigenvalue weighted by Gasteiger charge is 2.54. The number of halogens is 1. The Morgan fingerprint density at radius 2 is 2.12 bits per heavy atom. The van der Waals surface area contributed by atoms with Gasteiger partial charge in [0.2, 0.25) is 10.0 Å². The summed E-state index contributed by atoms with van der Waals surface area (Å²) < 4.78 is 28.4. The topological polar surface area (TPSA) is 104 Å². The van der Waals surface area contributed by atoms with Crippen LogP contribution >= 0.6 is 15.9 Å². The van der Waals surface area contributed by atoms with Crippen LogP contribution in [0.15, 0.2) is 27.6 Å². The molecule has 1 aliphatic heterocycles. The molecule has 3 rings (SSSR count). The van der Waals surface area contributed by atoms with Gasteiger partial charge in [0.25, 0.3) is 5.91 Å². The van der Waals surface area contributed by atoms with Crippen molar-refractivity contribution in [2.24, 2.45) is 5.92 Å². The van der Waals surface area contributed by atoms with E-state index in [1.165, 1.54) is 6.07 Å². The zero-order chi connectivity index (χ0) is 17.5. The number of imide groups is 1. The van der Waals surface area contributed by atoms with E-state index in [0.29, 0.717) is 12.8 Å². The number of carbonyl (C=O) groups excluding carboxylic acids is 2. The van der Waals surface area contributed by atoms with Gasteiger partial charge in [-0.3, -0.25) is 10.1 Å². The second kappa shape index (κ2) is 6.12. The molecule has 7 nitrogen and oxygen atoms in total. The molecule has 1 saturated heterocycles. The van der Waals surface area contributed by atoms with E-state index in [1.807, 2.05) is 6.92 Å². The van der Waals surface area contributed by atoms with E-state index >= 15 is 0 Å². The molecule has 1 saturated carbocycles. The van der Waals surface area contributed by atoms with E-state index in [0.717, 1.165) is 16.5 Å². The minimum absolute atomic E-state index is 0.102. The van der Waals surface area contributed by atoms with Crippen molar-refractivity contribution in [1.82, 2.24) is 15.4 Å². The Kier molecular flexibility index (Phi) is 4.43. The minimum atomic E-state index is -3.68. The molecule has 3 amide bonds. The van der Waals surface area contributed by atoms with E-state index in [4.69, 9.17) is 0 Å². The monoisotopic (exact) mass is 415 g/mol. The van der Waals surface area contributed by atoms with Crippen molar-refractivity contribution in [3.8, 4) is 0 Å². The largest absolute Gasteiger partial charge is 0.323 e. The Hall–Kier alpha value is -1.45. The van der Waals surface area contributed by atoms with Crippen LogP contribution in [0, 0.1) is 12.8 Å². The first-order valence-corrected chi connectivity index (χ1v) is 9.92. The maximum atomic E-state index is 12.5. The lowest BCUT2D eigenvalue weighted by molar-refractivity contribution is -0.125. The fourth-order valence-corrected chi connectivity index (χ4v) is 4.81. The van der Waals surface area contributed by atoms with E-state index in [2.05, 4.69) is 31.3 Å². The molecule has 130 valence electrons. The van der Waals surface area contributed by atoms with Gasteiger partial charge in [-0.2, -0.15) is 0 Å². The predicted molar refractivity (Wildman–Crippen MR) is 90.8 cm³/mol. The van der Waals surface area contributed by atoms with Crippen LogP contribution in [-0.2, 0) is 14.8 Å². The van der Waals surface area contributed by atoms with Crippen molar-refractivity contribution in [2.75, 3.05) is 6.54 Å². The van der Waals surface area contributed by atoms with Gasteiger partial charge in [0.15, 0.2) is 0 Å². The summed E-state index contributed by atoms with van der Waals surface area (Å²) in [6, 6.07) is 4.28. The molecule has 1 spiro atoms. The molecule has 0 radical (unpaired) electrons.